The maximum Gasteiger partial charge on any atom is 0.253 e. The van der Waals surface area contributed by atoms with E-state index in [1.807, 2.05) is 13.8 Å². The van der Waals surface area contributed by atoms with Gasteiger partial charge in [0.15, 0.2) is 9.84 Å². The number of nitrogens with one attached hydrogen (secondary N) is 1. The maximum atomic E-state index is 12.3. The highest BCUT2D eigenvalue weighted by molar-refractivity contribution is 7.92. The Labute approximate surface area is 136 Å². The van der Waals surface area contributed by atoms with Crippen molar-refractivity contribution < 1.29 is 18.0 Å². The second-order valence-electron chi connectivity index (χ2n) is 6.31. The Morgan fingerprint density at radius 2 is 1.78 bits per heavy atom. The molecule has 1 aliphatic heterocycles. The Morgan fingerprint density at radius 3 is 2.26 bits per heavy atom. The van der Waals surface area contributed by atoms with Gasteiger partial charge in [-0.3, -0.25) is 9.59 Å². The number of anilines is 1. The van der Waals surface area contributed by atoms with Crippen molar-refractivity contribution >= 4 is 27.3 Å². The molecule has 1 fully saturated rings. The van der Waals surface area contributed by atoms with Crippen LogP contribution < -0.4 is 5.32 Å². The van der Waals surface area contributed by atoms with Gasteiger partial charge in [0.2, 0.25) is 5.91 Å². The Bertz CT molecular complexity index is 689. The van der Waals surface area contributed by atoms with Crippen LogP contribution in [0.15, 0.2) is 24.3 Å². The van der Waals surface area contributed by atoms with E-state index >= 15 is 0 Å². The van der Waals surface area contributed by atoms with Gasteiger partial charge >= 0.3 is 0 Å². The third-order valence-electron chi connectivity index (χ3n) is 3.66. The minimum atomic E-state index is -3.13. The van der Waals surface area contributed by atoms with Crippen molar-refractivity contribution in [1.29, 1.82) is 0 Å². The van der Waals surface area contributed by atoms with Crippen LogP contribution in [0.3, 0.4) is 0 Å². The van der Waals surface area contributed by atoms with E-state index < -0.39 is 15.1 Å². The molecule has 0 aliphatic carbocycles. The molecule has 0 bridgehead atoms. The summed E-state index contributed by atoms with van der Waals surface area (Å²) in [5.74, 6) is -0.114. The molecule has 0 unspecified atom stereocenters. The Hall–Kier alpha value is -1.89. The molecule has 0 atom stereocenters. The normalized spacial score (nSPS) is 15.4. The number of hydrogen-bond acceptors (Lipinski definition) is 4. The molecule has 1 aliphatic rings. The van der Waals surface area contributed by atoms with Gasteiger partial charge in [0.1, 0.15) is 0 Å². The number of amides is 2. The minimum absolute atomic E-state index is 0.0890. The third kappa shape index (κ3) is 4.31. The van der Waals surface area contributed by atoms with Gasteiger partial charge in [0.25, 0.3) is 5.91 Å². The fraction of sp³-hybridized carbons (Fsp3) is 0.500. The van der Waals surface area contributed by atoms with Crippen molar-refractivity contribution in [3.8, 4) is 0 Å². The fourth-order valence-electron chi connectivity index (χ4n) is 2.51. The van der Waals surface area contributed by atoms with Crippen LogP contribution in [0.4, 0.5) is 5.69 Å². The van der Waals surface area contributed by atoms with E-state index in [0.29, 0.717) is 11.3 Å². The zero-order valence-electron chi connectivity index (χ0n) is 13.6. The molecule has 1 saturated heterocycles. The summed E-state index contributed by atoms with van der Waals surface area (Å²) < 4.78 is 24.2. The van der Waals surface area contributed by atoms with Crippen molar-refractivity contribution in [1.82, 2.24) is 4.90 Å². The molecule has 7 heteroatoms. The van der Waals surface area contributed by atoms with Crippen LogP contribution in [0, 0.1) is 5.92 Å². The van der Waals surface area contributed by atoms with Crippen LogP contribution in [-0.4, -0.2) is 49.2 Å². The lowest BCUT2D eigenvalue weighted by molar-refractivity contribution is -0.114. The topological polar surface area (TPSA) is 83.6 Å². The second kappa shape index (κ2) is 6.70. The number of carbonyl (C=O) groups is 2. The summed E-state index contributed by atoms with van der Waals surface area (Å²) in [6.07, 6.45) is 0. The Kier molecular flexibility index (Phi) is 5.09. The molecule has 1 N–H and O–H groups in total. The van der Waals surface area contributed by atoms with E-state index in [4.69, 9.17) is 0 Å². The van der Waals surface area contributed by atoms with Gasteiger partial charge in [-0.15, -0.1) is 0 Å². The van der Waals surface area contributed by atoms with Crippen LogP contribution in [0.5, 0.6) is 0 Å². The molecule has 0 radical (unpaired) electrons. The maximum absolute atomic E-state index is 12.3. The summed E-state index contributed by atoms with van der Waals surface area (Å²) in [6, 6.07) is 6.57. The summed E-state index contributed by atoms with van der Waals surface area (Å²) in [4.78, 5) is 24.8. The largest absolute Gasteiger partial charge is 0.336 e. The molecule has 23 heavy (non-hydrogen) atoms. The monoisotopic (exact) mass is 338 g/mol. The molecule has 1 aromatic rings. The molecule has 2 amide bonds. The van der Waals surface area contributed by atoms with E-state index in [9.17, 15) is 18.0 Å². The van der Waals surface area contributed by atoms with E-state index in [1.54, 1.807) is 24.3 Å². The van der Waals surface area contributed by atoms with Crippen LogP contribution in [0.25, 0.3) is 0 Å². The summed E-state index contributed by atoms with van der Waals surface area (Å²) >= 11 is 0. The van der Waals surface area contributed by atoms with Gasteiger partial charge in [-0.25, -0.2) is 8.42 Å². The predicted molar refractivity (Wildman–Crippen MR) is 89.1 cm³/mol. The van der Waals surface area contributed by atoms with Gasteiger partial charge in [-0.2, -0.15) is 0 Å². The van der Waals surface area contributed by atoms with Crippen molar-refractivity contribution in [3.05, 3.63) is 29.8 Å². The first-order valence-corrected chi connectivity index (χ1v) is 9.29. The second-order valence-corrected chi connectivity index (χ2v) is 8.64. The summed E-state index contributed by atoms with van der Waals surface area (Å²) in [5.41, 5.74) is 1.11. The van der Waals surface area contributed by atoms with Gasteiger partial charge in [-0.1, -0.05) is 13.8 Å². The lowest BCUT2D eigenvalue weighted by Gasteiger charge is -2.39. The molecule has 0 aromatic heterocycles. The number of rotatable bonds is 5. The zero-order chi connectivity index (χ0) is 17.2. The molecule has 1 heterocycles. The average molecular weight is 338 g/mol. The highest BCUT2D eigenvalue weighted by Crippen LogP contribution is 2.22. The number of sulfone groups is 1. The first kappa shape index (κ1) is 17.5. The van der Waals surface area contributed by atoms with E-state index in [-0.39, 0.29) is 36.6 Å². The quantitative estimate of drug-likeness (QED) is 0.883. The highest BCUT2D eigenvalue weighted by atomic mass is 32.2. The van der Waals surface area contributed by atoms with Crippen molar-refractivity contribution in [3.63, 3.8) is 0 Å². The lowest BCUT2D eigenvalue weighted by Crippen LogP contribution is -2.57. The van der Waals surface area contributed by atoms with Crippen LogP contribution in [0.1, 0.15) is 31.1 Å². The summed E-state index contributed by atoms with van der Waals surface area (Å²) in [5, 5.41) is 2.18. The van der Waals surface area contributed by atoms with Gasteiger partial charge in [0, 0.05) is 31.3 Å². The molecule has 126 valence electrons. The standard InChI is InChI=1S/C16H22N2O4S/c1-11(2)10-23(21,22)15-8-18(9-15)16(20)13-4-6-14(7-5-13)17-12(3)19/h4-7,11,15H,8-10H2,1-3H3,(H,17,19). The minimum Gasteiger partial charge on any atom is -0.336 e. The molecule has 1 aromatic carbocycles. The first-order chi connectivity index (χ1) is 10.7. The predicted octanol–water partition coefficient (Wildman–Crippen LogP) is 1.54. The summed E-state index contributed by atoms with van der Waals surface area (Å²) in [6.45, 7) is 5.66. The first-order valence-electron chi connectivity index (χ1n) is 7.57. The zero-order valence-corrected chi connectivity index (χ0v) is 14.4. The molecule has 0 spiro atoms. The van der Waals surface area contributed by atoms with Gasteiger partial charge in [0.05, 0.1) is 11.0 Å². The average Bonchev–Trinajstić information content (AvgIpc) is 2.34. The fourth-order valence-corrected chi connectivity index (χ4v) is 4.53. The third-order valence-corrected chi connectivity index (χ3v) is 6.11. The van der Waals surface area contributed by atoms with Gasteiger partial charge in [-0.05, 0) is 30.2 Å². The Balaban J connectivity index is 1.95. The van der Waals surface area contributed by atoms with E-state index in [0.717, 1.165) is 0 Å². The smallest absolute Gasteiger partial charge is 0.253 e. The molecule has 6 nitrogen and oxygen atoms in total. The molecule has 0 saturated carbocycles. The van der Waals surface area contributed by atoms with Crippen LogP contribution >= 0.6 is 0 Å². The number of carbonyl (C=O) groups excluding carboxylic acids is 2. The van der Waals surface area contributed by atoms with Crippen molar-refractivity contribution in [2.24, 2.45) is 5.92 Å². The number of nitrogens with zero attached hydrogens (tertiary/aromatic N) is 1. The number of benzene rings is 1. The van der Waals surface area contributed by atoms with Gasteiger partial charge < -0.3 is 10.2 Å². The molecule has 2 rings (SSSR count). The number of hydrogen-bond donors (Lipinski definition) is 1. The summed E-state index contributed by atoms with van der Waals surface area (Å²) in [7, 11) is -3.13. The molecular weight excluding hydrogens is 316 g/mol. The van der Waals surface area contributed by atoms with E-state index in [1.165, 1.54) is 11.8 Å². The van der Waals surface area contributed by atoms with Crippen LogP contribution in [0.2, 0.25) is 0 Å². The van der Waals surface area contributed by atoms with Crippen molar-refractivity contribution in [2.75, 3.05) is 24.2 Å². The lowest BCUT2D eigenvalue weighted by atomic mass is 10.1. The Morgan fingerprint density at radius 1 is 1.22 bits per heavy atom. The SMILES string of the molecule is CC(=O)Nc1ccc(C(=O)N2CC(S(=O)(=O)CC(C)C)C2)cc1. The highest BCUT2D eigenvalue weighted by Gasteiger charge is 2.39. The van der Waals surface area contributed by atoms with Crippen molar-refractivity contribution in [2.45, 2.75) is 26.0 Å². The number of likely N-dealkylation sites (tertiary alicyclic amines) is 1. The van der Waals surface area contributed by atoms with Crippen LogP contribution in [-0.2, 0) is 14.6 Å². The molecular formula is C16H22N2O4S. The van der Waals surface area contributed by atoms with E-state index in [2.05, 4.69) is 5.32 Å².